The quantitative estimate of drug-likeness (QED) is 0.440. The van der Waals surface area contributed by atoms with Gasteiger partial charge in [-0.1, -0.05) is 49.1 Å². The summed E-state index contributed by atoms with van der Waals surface area (Å²) in [6.07, 6.45) is 6.11. The zero-order chi connectivity index (χ0) is 12.3. The lowest BCUT2D eigenvalue weighted by molar-refractivity contribution is 1.27. The van der Waals surface area contributed by atoms with Crippen LogP contribution in [0.5, 0.6) is 0 Å². The fraction of sp³-hybridized carbons (Fsp3) is 0.176. The van der Waals surface area contributed by atoms with Gasteiger partial charge in [-0.05, 0) is 30.9 Å². The van der Waals surface area contributed by atoms with Gasteiger partial charge in [0, 0.05) is 11.1 Å². The Hall–Kier alpha value is -2.00. The van der Waals surface area contributed by atoms with Crippen LogP contribution >= 0.6 is 0 Å². The number of rotatable bonds is 0. The van der Waals surface area contributed by atoms with E-state index in [1.54, 1.807) is 0 Å². The van der Waals surface area contributed by atoms with Gasteiger partial charge < -0.3 is 0 Å². The molecule has 2 rings (SSSR count). The average molecular weight is 220 g/mol. The van der Waals surface area contributed by atoms with Gasteiger partial charge in [-0.15, -0.1) is 11.5 Å². The number of hydrogen-bond donors (Lipinski definition) is 0. The molecule has 0 radical (unpaired) electrons. The molecule has 17 heavy (non-hydrogen) atoms. The number of aryl methyl sites for hydroxylation is 1. The van der Waals surface area contributed by atoms with Gasteiger partial charge in [0.25, 0.3) is 0 Å². The van der Waals surface area contributed by atoms with Crippen LogP contribution < -0.4 is 0 Å². The van der Waals surface area contributed by atoms with Crippen LogP contribution in [0.4, 0.5) is 0 Å². The van der Waals surface area contributed by atoms with Crippen LogP contribution in [-0.2, 0) is 0 Å². The first kappa shape index (κ1) is 11.5. The van der Waals surface area contributed by atoms with E-state index in [-0.39, 0.29) is 0 Å². The van der Waals surface area contributed by atoms with Gasteiger partial charge in [0.05, 0.1) is 0 Å². The molecule has 1 aliphatic rings. The number of fused-ring (bicyclic) bond motifs is 1. The SMILES string of the molecule is C=C=C1CC=CCC(=C=C)c2cc(C)ccc21. The average Bonchev–Trinajstić information content (AvgIpc) is 2.32. The van der Waals surface area contributed by atoms with Crippen molar-refractivity contribution < 1.29 is 0 Å². The summed E-state index contributed by atoms with van der Waals surface area (Å²) in [5, 5.41) is 0. The van der Waals surface area contributed by atoms with Crippen molar-refractivity contribution in [3.8, 4) is 0 Å². The first-order valence-electron chi connectivity index (χ1n) is 5.80. The molecule has 1 aliphatic carbocycles. The van der Waals surface area contributed by atoms with Crippen molar-refractivity contribution in [2.24, 2.45) is 0 Å². The monoisotopic (exact) mass is 220 g/mol. The molecule has 0 saturated heterocycles. The summed E-state index contributed by atoms with van der Waals surface area (Å²) in [7, 11) is 0. The first-order chi connectivity index (χ1) is 8.26. The largest absolute Gasteiger partial charge is 0.124 e. The molecule has 0 aliphatic heterocycles. The maximum Gasteiger partial charge on any atom is 0.00499 e. The minimum absolute atomic E-state index is 0.893. The number of allylic oxidation sites excluding steroid dienone is 4. The molecule has 0 saturated carbocycles. The highest BCUT2D eigenvalue weighted by atomic mass is 14.1. The minimum atomic E-state index is 0.893. The Labute approximate surface area is 103 Å². The van der Waals surface area contributed by atoms with Gasteiger partial charge in [-0.25, -0.2) is 0 Å². The van der Waals surface area contributed by atoms with E-state index in [1.807, 2.05) is 0 Å². The highest BCUT2D eigenvalue weighted by Crippen LogP contribution is 2.31. The van der Waals surface area contributed by atoms with Crippen LogP contribution in [-0.4, -0.2) is 0 Å². The fourth-order valence-electron chi connectivity index (χ4n) is 2.13. The summed E-state index contributed by atoms with van der Waals surface area (Å²) >= 11 is 0. The topological polar surface area (TPSA) is 0 Å². The van der Waals surface area contributed by atoms with E-state index < -0.39 is 0 Å². The van der Waals surface area contributed by atoms with Crippen molar-refractivity contribution in [3.05, 3.63) is 71.7 Å². The Morgan fingerprint density at radius 1 is 0.941 bits per heavy atom. The predicted molar refractivity (Wildman–Crippen MR) is 74.6 cm³/mol. The van der Waals surface area contributed by atoms with Crippen molar-refractivity contribution in [2.75, 3.05) is 0 Å². The molecule has 0 N–H and O–H groups in total. The zero-order valence-electron chi connectivity index (χ0n) is 10.2. The third-order valence-electron chi connectivity index (χ3n) is 3.06. The third-order valence-corrected chi connectivity index (χ3v) is 3.06. The molecule has 0 aromatic heterocycles. The molecule has 0 unspecified atom stereocenters. The highest BCUT2D eigenvalue weighted by molar-refractivity contribution is 5.81. The molecule has 0 nitrogen and oxygen atoms in total. The normalized spacial score (nSPS) is 14.4. The van der Waals surface area contributed by atoms with E-state index in [4.69, 9.17) is 0 Å². The van der Waals surface area contributed by atoms with Crippen molar-refractivity contribution in [2.45, 2.75) is 19.8 Å². The van der Waals surface area contributed by atoms with E-state index in [0.29, 0.717) is 0 Å². The second-order valence-corrected chi connectivity index (χ2v) is 4.24. The van der Waals surface area contributed by atoms with E-state index in [1.165, 1.54) is 16.7 Å². The Morgan fingerprint density at radius 2 is 1.53 bits per heavy atom. The molecule has 1 aromatic carbocycles. The Kier molecular flexibility index (Phi) is 3.30. The summed E-state index contributed by atoms with van der Waals surface area (Å²) in [6.45, 7) is 9.69. The molecule has 0 amide bonds. The van der Waals surface area contributed by atoms with Crippen LogP contribution in [0.1, 0.15) is 29.5 Å². The molecular formula is C17H16. The molecule has 1 aromatic rings. The Morgan fingerprint density at radius 3 is 2.12 bits per heavy atom. The van der Waals surface area contributed by atoms with Gasteiger partial charge >= 0.3 is 0 Å². The second kappa shape index (κ2) is 4.89. The molecule has 0 bridgehead atoms. The van der Waals surface area contributed by atoms with E-state index in [0.717, 1.165) is 24.0 Å². The van der Waals surface area contributed by atoms with Gasteiger partial charge in [-0.3, -0.25) is 0 Å². The zero-order valence-corrected chi connectivity index (χ0v) is 10.2. The lowest BCUT2D eigenvalue weighted by Gasteiger charge is -2.15. The lowest BCUT2D eigenvalue weighted by atomic mass is 9.89. The van der Waals surface area contributed by atoms with Gasteiger partial charge in [-0.2, -0.15) is 0 Å². The molecule has 0 heterocycles. The Bertz CT molecular complexity index is 572. The van der Waals surface area contributed by atoms with Crippen molar-refractivity contribution >= 4 is 11.1 Å². The molecule has 0 spiro atoms. The number of hydrogen-bond acceptors (Lipinski definition) is 0. The van der Waals surface area contributed by atoms with E-state index in [9.17, 15) is 0 Å². The second-order valence-electron chi connectivity index (χ2n) is 4.24. The van der Waals surface area contributed by atoms with Crippen LogP contribution in [0.15, 0.2) is 55.0 Å². The van der Waals surface area contributed by atoms with Crippen LogP contribution in [0, 0.1) is 6.92 Å². The first-order valence-corrected chi connectivity index (χ1v) is 5.80. The van der Waals surface area contributed by atoms with Crippen LogP contribution in [0.25, 0.3) is 11.1 Å². The maximum absolute atomic E-state index is 3.79. The lowest BCUT2D eigenvalue weighted by Crippen LogP contribution is -1.95. The van der Waals surface area contributed by atoms with Crippen molar-refractivity contribution in [1.82, 2.24) is 0 Å². The summed E-state index contributed by atoms with van der Waals surface area (Å²) in [4.78, 5) is 0. The maximum atomic E-state index is 3.79. The van der Waals surface area contributed by atoms with Gasteiger partial charge in [0.2, 0.25) is 0 Å². The summed E-state index contributed by atoms with van der Waals surface area (Å²) < 4.78 is 0. The third kappa shape index (κ3) is 2.24. The Balaban J connectivity index is 2.73. The molecule has 0 fully saturated rings. The minimum Gasteiger partial charge on any atom is -0.124 e. The predicted octanol–water partition coefficient (Wildman–Crippen LogP) is 4.68. The van der Waals surface area contributed by atoms with Gasteiger partial charge in [0.15, 0.2) is 0 Å². The van der Waals surface area contributed by atoms with E-state index in [2.05, 4.69) is 61.9 Å². The van der Waals surface area contributed by atoms with Crippen LogP contribution in [0.2, 0.25) is 0 Å². The molecular weight excluding hydrogens is 204 g/mol. The standard InChI is InChI=1S/C17H16/c1-4-14-8-6-7-9-15(5-2)17-12-13(3)10-11-16(14)17/h6-7,10-12H,1-2,8-9H2,3H3. The molecule has 0 heteroatoms. The summed E-state index contributed by atoms with van der Waals surface area (Å²) in [5.74, 6) is 0. The van der Waals surface area contributed by atoms with Gasteiger partial charge in [0.1, 0.15) is 0 Å². The fourth-order valence-corrected chi connectivity index (χ4v) is 2.13. The molecule has 84 valence electrons. The van der Waals surface area contributed by atoms with E-state index >= 15 is 0 Å². The van der Waals surface area contributed by atoms with Crippen molar-refractivity contribution in [3.63, 3.8) is 0 Å². The summed E-state index contributed by atoms with van der Waals surface area (Å²) in [6, 6.07) is 6.47. The summed E-state index contributed by atoms with van der Waals surface area (Å²) in [5.41, 5.74) is 12.1. The number of benzene rings is 1. The smallest absolute Gasteiger partial charge is 0.00499 e. The highest BCUT2D eigenvalue weighted by Gasteiger charge is 2.12. The molecule has 0 atom stereocenters. The van der Waals surface area contributed by atoms with Crippen molar-refractivity contribution in [1.29, 1.82) is 0 Å². The van der Waals surface area contributed by atoms with Crippen LogP contribution in [0.3, 0.4) is 0 Å².